The maximum atomic E-state index is 12.3. The van der Waals surface area contributed by atoms with Crippen molar-refractivity contribution in [2.24, 2.45) is 5.92 Å². The number of carbonyl (C=O) groups is 1. The fourth-order valence-corrected chi connectivity index (χ4v) is 4.04. The number of piperidine rings is 1. The van der Waals surface area contributed by atoms with Crippen molar-refractivity contribution < 1.29 is 9.32 Å². The minimum Gasteiger partial charge on any atom is -0.351 e. The molecular weight excluding hydrogens is 302 g/mol. The van der Waals surface area contributed by atoms with Crippen LogP contribution in [0.2, 0.25) is 0 Å². The van der Waals surface area contributed by atoms with Crippen molar-refractivity contribution in [2.45, 2.75) is 70.8 Å². The Hall–Kier alpha value is -1.36. The second-order valence-electron chi connectivity index (χ2n) is 7.76. The number of rotatable bonds is 5. The van der Waals surface area contributed by atoms with Gasteiger partial charge in [-0.1, -0.05) is 24.4 Å². The summed E-state index contributed by atoms with van der Waals surface area (Å²) in [5.74, 6) is 1.26. The number of likely N-dealkylation sites (tertiary alicyclic amines) is 1. The van der Waals surface area contributed by atoms with E-state index in [9.17, 15) is 4.79 Å². The number of hydrogen-bond donors (Lipinski definition) is 1. The molecule has 1 saturated carbocycles. The first-order valence-corrected chi connectivity index (χ1v) is 9.62. The second-order valence-corrected chi connectivity index (χ2v) is 7.76. The van der Waals surface area contributed by atoms with E-state index in [0.29, 0.717) is 23.6 Å². The van der Waals surface area contributed by atoms with Crippen LogP contribution in [0.5, 0.6) is 0 Å². The Labute approximate surface area is 145 Å². The van der Waals surface area contributed by atoms with Gasteiger partial charge in [-0.3, -0.25) is 4.79 Å². The van der Waals surface area contributed by atoms with E-state index in [4.69, 9.17) is 4.52 Å². The Balaban J connectivity index is 1.49. The second kappa shape index (κ2) is 8.15. The highest BCUT2D eigenvalue weighted by Gasteiger charge is 2.24. The first kappa shape index (κ1) is 17.5. The van der Waals surface area contributed by atoms with Crippen LogP contribution in [0.25, 0.3) is 0 Å². The minimum atomic E-state index is -0.119. The molecule has 0 unspecified atom stereocenters. The Morgan fingerprint density at radius 2 is 2.08 bits per heavy atom. The van der Waals surface area contributed by atoms with Crippen LogP contribution in [0.3, 0.4) is 0 Å². The van der Waals surface area contributed by atoms with Crippen LogP contribution >= 0.6 is 0 Å². The van der Waals surface area contributed by atoms with Crippen LogP contribution in [-0.2, 0) is 0 Å². The number of nitrogens with zero attached hydrogens (tertiary/aromatic N) is 2. The Morgan fingerprint density at radius 3 is 2.83 bits per heavy atom. The van der Waals surface area contributed by atoms with E-state index in [2.05, 4.69) is 29.2 Å². The summed E-state index contributed by atoms with van der Waals surface area (Å²) in [7, 11) is 0. The van der Waals surface area contributed by atoms with E-state index in [1.807, 2.05) is 6.07 Å². The van der Waals surface area contributed by atoms with Crippen molar-refractivity contribution in [3.63, 3.8) is 0 Å². The number of amides is 1. The minimum absolute atomic E-state index is 0.119. The van der Waals surface area contributed by atoms with Gasteiger partial charge in [0.1, 0.15) is 0 Å². The molecule has 2 aliphatic rings. The van der Waals surface area contributed by atoms with Gasteiger partial charge in [0.25, 0.3) is 5.91 Å². The highest BCUT2D eigenvalue weighted by Crippen LogP contribution is 2.32. The van der Waals surface area contributed by atoms with Crippen LogP contribution in [-0.4, -0.2) is 41.6 Å². The lowest BCUT2D eigenvalue weighted by Gasteiger charge is -2.35. The molecule has 2 fully saturated rings. The van der Waals surface area contributed by atoms with Crippen LogP contribution in [0, 0.1) is 5.92 Å². The van der Waals surface area contributed by atoms with E-state index in [0.717, 1.165) is 18.8 Å². The molecule has 1 amide bonds. The Morgan fingerprint density at radius 1 is 1.29 bits per heavy atom. The van der Waals surface area contributed by atoms with E-state index < -0.39 is 0 Å². The lowest BCUT2D eigenvalue weighted by Crippen LogP contribution is -2.43. The summed E-state index contributed by atoms with van der Waals surface area (Å²) >= 11 is 0. The van der Waals surface area contributed by atoms with Gasteiger partial charge in [-0.15, -0.1) is 0 Å². The summed E-state index contributed by atoms with van der Waals surface area (Å²) in [4.78, 5) is 14.8. The summed E-state index contributed by atoms with van der Waals surface area (Å²) in [5, 5.41) is 7.19. The normalized spacial score (nSPS) is 23.5. The van der Waals surface area contributed by atoms with Gasteiger partial charge in [0, 0.05) is 31.1 Å². The van der Waals surface area contributed by atoms with Crippen LogP contribution in [0.15, 0.2) is 10.6 Å². The van der Waals surface area contributed by atoms with Crippen molar-refractivity contribution in [1.82, 2.24) is 15.4 Å². The van der Waals surface area contributed by atoms with Crippen LogP contribution in [0.4, 0.5) is 0 Å². The van der Waals surface area contributed by atoms with Gasteiger partial charge in [0.15, 0.2) is 0 Å². The molecule has 5 nitrogen and oxygen atoms in total. The van der Waals surface area contributed by atoms with Gasteiger partial charge < -0.3 is 14.7 Å². The average Bonchev–Trinajstić information content (AvgIpc) is 3.11. The molecule has 0 bridgehead atoms. The average molecular weight is 333 g/mol. The monoisotopic (exact) mass is 333 g/mol. The Kier molecular flexibility index (Phi) is 5.93. The number of nitrogens with one attached hydrogen (secondary N) is 1. The van der Waals surface area contributed by atoms with Gasteiger partial charge in [-0.05, 0) is 52.0 Å². The van der Waals surface area contributed by atoms with Gasteiger partial charge in [0.05, 0.1) is 5.69 Å². The van der Waals surface area contributed by atoms with E-state index >= 15 is 0 Å². The first-order valence-electron chi connectivity index (χ1n) is 9.62. The van der Waals surface area contributed by atoms with Crippen molar-refractivity contribution in [1.29, 1.82) is 0 Å². The molecule has 2 heterocycles. The largest absolute Gasteiger partial charge is 0.351 e. The molecule has 24 heavy (non-hydrogen) atoms. The van der Waals surface area contributed by atoms with E-state index in [1.54, 1.807) is 0 Å². The zero-order valence-electron chi connectivity index (χ0n) is 15.1. The number of hydrogen-bond acceptors (Lipinski definition) is 4. The quantitative estimate of drug-likeness (QED) is 0.895. The molecule has 1 aliphatic carbocycles. The molecule has 1 atom stereocenters. The summed E-state index contributed by atoms with van der Waals surface area (Å²) in [5.41, 5.74) is 0.962. The topological polar surface area (TPSA) is 58.4 Å². The zero-order valence-corrected chi connectivity index (χ0v) is 15.1. The lowest BCUT2D eigenvalue weighted by molar-refractivity contribution is 0.0887. The highest BCUT2D eigenvalue weighted by molar-refractivity contribution is 5.91. The molecule has 1 N–H and O–H groups in total. The molecule has 1 aromatic rings. The molecule has 1 saturated heterocycles. The summed E-state index contributed by atoms with van der Waals surface area (Å²) in [6.07, 6.45) is 8.57. The third-order valence-corrected chi connectivity index (χ3v) is 5.61. The predicted molar refractivity (Wildman–Crippen MR) is 94.1 cm³/mol. The number of carbonyl (C=O) groups excluding carboxylic acids is 1. The van der Waals surface area contributed by atoms with Gasteiger partial charge in [-0.25, -0.2) is 0 Å². The molecule has 0 spiro atoms. The molecule has 134 valence electrons. The van der Waals surface area contributed by atoms with E-state index in [1.165, 1.54) is 51.5 Å². The van der Waals surface area contributed by atoms with Crippen molar-refractivity contribution in [2.75, 3.05) is 19.6 Å². The number of aromatic nitrogens is 1. The molecule has 1 aliphatic heterocycles. The molecule has 0 radical (unpaired) electrons. The standard InChI is InChI=1S/C19H31N3O2/c1-14(2)22-10-6-7-15(13-22)12-20-19(23)18-11-17(21-24-18)16-8-4-3-5-9-16/h11,14-16H,3-10,12-13H2,1-2H3,(H,20,23)/t15-/m0/s1. The van der Waals surface area contributed by atoms with E-state index in [-0.39, 0.29) is 5.91 Å². The lowest BCUT2D eigenvalue weighted by atomic mass is 9.87. The van der Waals surface area contributed by atoms with Crippen molar-refractivity contribution >= 4 is 5.91 Å². The maximum absolute atomic E-state index is 12.3. The van der Waals surface area contributed by atoms with Crippen LogP contribution in [0.1, 0.15) is 81.0 Å². The fraction of sp³-hybridized carbons (Fsp3) is 0.789. The van der Waals surface area contributed by atoms with Gasteiger partial charge in [0.2, 0.25) is 5.76 Å². The SMILES string of the molecule is CC(C)N1CCC[C@@H](CNC(=O)c2cc(C3CCCCC3)no2)C1. The summed E-state index contributed by atoms with van der Waals surface area (Å²) < 4.78 is 5.31. The first-order chi connectivity index (χ1) is 11.6. The maximum Gasteiger partial charge on any atom is 0.289 e. The van der Waals surface area contributed by atoms with Gasteiger partial charge in [-0.2, -0.15) is 0 Å². The predicted octanol–water partition coefficient (Wildman–Crippen LogP) is 3.57. The summed E-state index contributed by atoms with van der Waals surface area (Å²) in [6.45, 7) is 7.45. The molecule has 0 aromatic carbocycles. The molecular formula is C19H31N3O2. The third kappa shape index (κ3) is 4.38. The fourth-order valence-electron chi connectivity index (χ4n) is 4.04. The third-order valence-electron chi connectivity index (χ3n) is 5.61. The van der Waals surface area contributed by atoms with Crippen LogP contribution < -0.4 is 5.32 Å². The van der Waals surface area contributed by atoms with Crippen molar-refractivity contribution in [3.05, 3.63) is 17.5 Å². The summed E-state index contributed by atoms with van der Waals surface area (Å²) in [6, 6.07) is 2.43. The zero-order chi connectivity index (χ0) is 16.9. The molecule has 1 aromatic heterocycles. The smallest absolute Gasteiger partial charge is 0.289 e. The van der Waals surface area contributed by atoms with Crippen molar-refractivity contribution in [3.8, 4) is 0 Å². The highest BCUT2D eigenvalue weighted by atomic mass is 16.5. The van der Waals surface area contributed by atoms with Gasteiger partial charge >= 0.3 is 0 Å². The molecule has 3 rings (SSSR count). The molecule has 5 heteroatoms. The Bertz CT molecular complexity index is 534.